The normalized spacial score (nSPS) is 10.6. The van der Waals surface area contributed by atoms with Crippen LogP contribution in [0.1, 0.15) is 0 Å². The maximum atomic E-state index is 9.44. The van der Waals surface area contributed by atoms with Gasteiger partial charge in [-0.1, -0.05) is 65.7 Å². The van der Waals surface area contributed by atoms with E-state index in [-0.39, 0.29) is 5.75 Å². The van der Waals surface area contributed by atoms with Gasteiger partial charge >= 0.3 is 0 Å². The molecule has 0 amide bonds. The Balaban J connectivity index is 2.23. The van der Waals surface area contributed by atoms with Gasteiger partial charge in [0.2, 0.25) is 0 Å². The van der Waals surface area contributed by atoms with Crippen LogP contribution < -0.4 is 0 Å². The van der Waals surface area contributed by atoms with Gasteiger partial charge in [-0.15, -0.1) is 0 Å². The molecule has 0 unspecified atom stereocenters. The van der Waals surface area contributed by atoms with Crippen LogP contribution in [0.3, 0.4) is 0 Å². The monoisotopic (exact) mass is 314 g/mol. The van der Waals surface area contributed by atoms with Crippen LogP contribution in [0.15, 0.2) is 66.7 Å². The fourth-order valence-electron chi connectivity index (χ4n) is 2.35. The molecular formula is C18H12Cl2O. The molecule has 0 bridgehead atoms. The summed E-state index contributed by atoms with van der Waals surface area (Å²) in [5.74, 6) is 0.243. The van der Waals surface area contributed by atoms with Crippen LogP contribution in [-0.2, 0) is 0 Å². The molecule has 0 aromatic heterocycles. The van der Waals surface area contributed by atoms with E-state index < -0.39 is 0 Å². The number of phenols is 1. The lowest BCUT2D eigenvalue weighted by Gasteiger charge is -2.13. The zero-order chi connectivity index (χ0) is 14.8. The van der Waals surface area contributed by atoms with E-state index in [2.05, 4.69) is 0 Å². The predicted molar refractivity (Wildman–Crippen MR) is 89.0 cm³/mol. The topological polar surface area (TPSA) is 20.2 Å². The molecule has 0 aliphatic heterocycles. The zero-order valence-corrected chi connectivity index (χ0v) is 12.6. The Bertz CT molecular complexity index is 759. The molecule has 0 atom stereocenters. The Labute approximate surface area is 133 Å². The van der Waals surface area contributed by atoms with E-state index in [4.69, 9.17) is 23.2 Å². The second-order valence-corrected chi connectivity index (χ2v) is 5.50. The summed E-state index contributed by atoms with van der Waals surface area (Å²) in [6.07, 6.45) is 0. The SMILES string of the molecule is Oc1ccc(-c2ccccc2-c2c(Cl)cccc2Cl)cc1. The van der Waals surface area contributed by atoms with E-state index in [1.54, 1.807) is 12.1 Å². The van der Waals surface area contributed by atoms with Crippen LogP contribution in [-0.4, -0.2) is 5.11 Å². The largest absolute Gasteiger partial charge is 0.508 e. The first-order chi connectivity index (χ1) is 10.2. The maximum absolute atomic E-state index is 9.44. The van der Waals surface area contributed by atoms with Crippen LogP contribution in [0.2, 0.25) is 10.0 Å². The van der Waals surface area contributed by atoms with Crippen molar-refractivity contribution in [2.45, 2.75) is 0 Å². The highest BCUT2D eigenvalue weighted by atomic mass is 35.5. The number of phenolic OH excluding ortho intramolecular Hbond substituents is 1. The number of hydrogen-bond donors (Lipinski definition) is 1. The van der Waals surface area contributed by atoms with Crippen molar-refractivity contribution in [3.05, 3.63) is 76.8 Å². The van der Waals surface area contributed by atoms with Gasteiger partial charge in [-0.3, -0.25) is 0 Å². The van der Waals surface area contributed by atoms with Crippen molar-refractivity contribution < 1.29 is 5.11 Å². The fourth-order valence-corrected chi connectivity index (χ4v) is 2.95. The second kappa shape index (κ2) is 5.80. The molecule has 21 heavy (non-hydrogen) atoms. The summed E-state index contributed by atoms with van der Waals surface area (Å²) >= 11 is 12.6. The van der Waals surface area contributed by atoms with Crippen LogP contribution in [0, 0.1) is 0 Å². The molecule has 3 aromatic rings. The summed E-state index contributed by atoms with van der Waals surface area (Å²) in [4.78, 5) is 0. The van der Waals surface area contributed by atoms with Crippen LogP contribution in [0.5, 0.6) is 5.75 Å². The van der Waals surface area contributed by atoms with E-state index >= 15 is 0 Å². The van der Waals surface area contributed by atoms with Crippen molar-refractivity contribution in [3.63, 3.8) is 0 Å². The molecule has 0 spiro atoms. The third kappa shape index (κ3) is 2.76. The molecule has 0 aliphatic carbocycles. The van der Waals surface area contributed by atoms with Crippen molar-refractivity contribution in [2.75, 3.05) is 0 Å². The molecule has 0 fully saturated rings. The van der Waals surface area contributed by atoms with Crippen LogP contribution in [0.4, 0.5) is 0 Å². The highest BCUT2D eigenvalue weighted by molar-refractivity contribution is 6.39. The average Bonchev–Trinajstić information content (AvgIpc) is 2.48. The minimum atomic E-state index is 0.243. The fraction of sp³-hybridized carbons (Fsp3) is 0. The molecule has 104 valence electrons. The number of benzene rings is 3. The highest BCUT2D eigenvalue weighted by Crippen LogP contribution is 2.40. The first-order valence-electron chi connectivity index (χ1n) is 6.49. The molecule has 0 heterocycles. The Kier molecular flexibility index (Phi) is 3.87. The quantitative estimate of drug-likeness (QED) is 0.612. The van der Waals surface area contributed by atoms with Crippen molar-refractivity contribution in [1.82, 2.24) is 0 Å². The predicted octanol–water partition coefficient (Wildman–Crippen LogP) is 6.03. The van der Waals surface area contributed by atoms with E-state index in [9.17, 15) is 5.11 Å². The van der Waals surface area contributed by atoms with Gasteiger partial charge in [-0.05, 0) is 41.0 Å². The third-order valence-corrected chi connectivity index (χ3v) is 3.97. The molecule has 0 aliphatic rings. The lowest BCUT2D eigenvalue weighted by molar-refractivity contribution is 0.475. The highest BCUT2D eigenvalue weighted by Gasteiger charge is 2.13. The van der Waals surface area contributed by atoms with E-state index in [1.165, 1.54) is 0 Å². The van der Waals surface area contributed by atoms with Gasteiger partial charge in [0, 0.05) is 15.6 Å². The van der Waals surface area contributed by atoms with Crippen molar-refractivity contribution in [2.24, 2.45) is 0 Å². The standard InChI is InChI=1S/C18H12Cl2O/c19-16-6-3-7-17(20)18(16)15-5-2-1-4-14(15)12-8-10-13(21)11-9-12/h1-11,21H. The first-order valence-corrected chi connectivity index (χ1v) is 7.25. The Morgan fingerprint density at radius 2 is 1.19 bits per heavy atom. The molecule has 3 heteroatoms. The number of aromatic hydroxyl groups is 1. The third-order valence-electron chi connectivity index (χ3n) is 3.34. The average molecular weight is 315 g/mol. The minimum absolute atomic E-state index is 0.243. The van der Waals surface area contributed by atoms with Gasteiger partial charge in [-0.2, -0.15) is 0 Å². The molecule has 3 rings (SSSR count). The van der Waals surface area contributed by atoms with Gasteiger partial charge in [0.1, 0.15) is 5.75 Å². The van der Waals surface area contributed by atoms with Crippen molar-refractivity contribution >= 4 is 23.2 Å². The summed E-state index contributed by atoms with van der Waals surface area (Å²) in [5, 5.41) is 10.7. The summed E-state index contributed by atoms with van der Waals surface area (Å²) < 4.78 is 0. The number of rotatable bonds is 2. The van der Waals surface area contributed by atoms with E-state index in [0.29, 0.717) is 10.0 Å². The number of halogens is 2. The Hall–Kier alpha value is -1.96. The zero-order valence-electron chi connectivity index (χ0n) is 11.1. The molecule has 1 nitrogen and oxygen atoms in total. The summed E-state index contributed by atoms with van der Waals surface area (Å²) in [6, 6.07) is 20.5. The second-order valence-electron chi connectivity index (χ2n) is 4.69. The smallest absolute Gasteiger partial charge is 0.115 e. The lowest BCUT2D eigenvalue weighted by Crippen LogP contribution is -1.87. The Morgan fingerprint density at radius 3 is 1.81 bits per heavy atom. The lowest BCUT2D eigenvalue weighted by atomic mass is 9.94. The maximum Gasteiger partial charge on any atom is 0.115 e. The van der Waals surface area contributed by atoms with Gasteiger partial charge in [0.05, 0.1) is 0 Å². The van der Waals surface area contributed by atoms with Crippen LogP contribution in [0.25, 0.3) is 22.3 Å². The molecule has 0 saturated heterocycles. The molecule has 3 aromatic carbocycles. The van der Waals surface area contributed by atoms with Gasteiger partial charge < -0.3 is 5.11 Å². The minimum Gasteiger partial charge on any atom is -0.508 e. The van der Waals surface area contributed by atoms with Gasteiger partial charge in [-0.25, -0.2) is 0 Å². The molecular weight excluding hydrogens is 303 g/mol. The van der Waals surface area contributed by atoms with Crippen molar-refractivity contribution in [1.29, 1.82) is 0 Å². The molecule has 0 radical (unpaired) electrons. The van der Waals surface area contributed by atoms with Gasteiger partial charge in [0.25, 0.3) is 0 Å². The van der Waals surface area contributed by atoms with Gasteiger partial charge in [0.15, 0.2) is 0 Å². The summed E-state index contributed by atoms with van der Waals surface area (Å²) in [7, 11) is 0. The van der Waals surface area contributed by atoms with Crippen molar-refractivity contribution in [3.8, 4) is 28.0 Å². The molecule has 1 N–H and O–H groups in total. The first kappa shape index (κ1) is 14.0. The summed E-state index contributed by atoms with van der Waals surface area (Å²) in [6.45, 7) is 0. The molecule has 0 saturated carbocycles. The van der Waals surface area contributed by atoms with E-state index in [0.717, 1.165) is 22.3 Å². The Morgan fingerprint density at radius 1 is 0.619 bits per heavy atom. The van der Waals surface area contributed by atoms with E-state index in [1.807, 2.05) is 54.6 Å². The number of hydrogen-bond acceptors (Lipinski definition) is 1. The summed E-state index contributed by atoms with van der Waals surface area (Å²) in [5.41, 5.74) is 3.81. The van der Waals surface area contributed by atoms with Crippen LogP contribution >= 0.6 is 23.2 Å².